The topological polar surface area (TPSA) is 139 Å². The maximum atomic E-state index is 11.7. The first kappa shape index (κ1) is 25.6. The summed E-state index contributed by atoms with van der Waals surface area (Å²) >= 11 is 1.57. The quantitative estimate of drug-likeness (QED) is 0.251. The largest absolute Gasteiger partial charge is 0.439 e. The van der Waals surface area contributed by atoms with E-state index in [-0.39, 0.29) is 23.7 Å². The third-order valence-electron chi connectivity index (χ3n) is 8.24. The fraction of sp³-hybridized carbons (Fsp3) is 0.556. The molecule has 0 spiro atoms. The Morgan fingerprint density at radius 2 is 2.00 bits per heavy atom. The third-order valence-corrected chi connectivity index (χ3v) is 8.85. The zero-order valence-corrected chi connectivity index (χ0v) is 23.0. The summed E-state index contributed by atoms with van der Waals surface area (Å²) < 4.78 is 6.95. The Hall–Kier alpha value is -3.72. The summed E-state index contributed by atoms with van der Waals surface area (Å²) in [7, 11) is 0. The van der Waals surface area contributed by atoms with Crippen molar-refractivity contribution in [1.82, 2.24) is 34.6 Å². The molecule has 0 aromatic carbocycles. The molecule has 11 nitrogen and oxygen atoms in total. The molecule has 4 aromatic rings. The Morgan fingerprint density at radius 3 is 2.64 bits per heavy atom. The number of hydrogen-bond donors (Lipinski definition) is 3. The number of imidazole rings is 1. The molecule has 2 fully saturated rings. The summed E-state index contributed by atoms with van der Waals surface area (Å²) in [6.07, 6.45) is 13.6. The zero-order valence-electron chi connectivity index (χ0n) is 22.2. The van der Waals surface area contributed by atoms with Crippen molar-refractivity contribution >= 4 is 34.3 Å². The van der Waals surface area contributed by atoms with Crippen molar-refractivity contribution in [2.45, 2.75) is 77.4 Å². The number of thiazole rings is 1. The Morgan fingerprint density at radius 1 is 1.18 bits per heavy atom. The molecular weight excluding hydrogens is 514 g/mol. The van der Waals surface area contributed by atoms with E-state index in [4.69, 9.17) is 25.9 Å². The first-order valence-electron chi connectivity index (χ1n) is 13.7. The van der Waals surface area contributed by atoms with Crippen molar-refractivity contribution in [2.24, 2.45) is 17.8 Å². The second-order valence-corrected chi connectivity index (χ2v) is 11.6. The van der Waals surface area contributed by atoms with Crippen LogP contribution in [0.1, 0.15) is 70.5 Å². The highest BCUT2D eigenvalue weighted by Crippen LogP contribution is 2.36. The van der Waals surface area contributed by atoms with E-state index in [0.717, 1.165) is 43.4 Å². The highest BCUT2D eigenvalue weighted by Gasteiger charge is 2.29. The molecule has 2 aliphatic rings. The van der Waals surface area contributed by atoms with Gasteiger partial charge in [-0.25, -0.2) is 19.7 Å². The number of aromatic amines is 1. The van der Waals surface area contributed by atoms with Gasteiger partial charge in [-0.15, -0.1) is 23.7 Å². The van der Waals surface area contributed by atoms with Gasteiger partial charge in [-0.2, -0.15) is 4.98 Å². The Kier molecular flexibility index (Phi) is 7.08. The zero-order chi connectivity index (χ0) is 26.9. The van der Waals surface area contributed by atoms with Gasteiger partial charge in [-0.3, -0.25) is 9.51 Å². The number of anilines is 2. The average molecular weight is 548 g/mol. The second kappa shape index (κ2) is 10.8. The van der Waals surface area contributed by atoms with Crippen molar-refractivity contribution in [3.63, 3.8) is 0 Å². The number of nitrogens with zero attached hydrogens (tertiary/aromatic N) is 6. The van der Waals surface area contributed by atoms with Crippen molar-refractivity contribution in [3.8, 4) is 24.0 Å². The van der Waals surface area contributed by atoms with Crippen molar-refractivity contribution in [1.29, 1.82) is 0 Å². The number of nitrogens with one attached hydrogen (secondary N) is 3. The molecule has 0 radical (unpaired) electrons. The van der Waals surface area contributed by atoms with Crippen LogP contribution in [-0.2, 0) is 6.54 Å². The van der Waals surface area contributed by atoms with E-state index in [1.165, 1.54) is 19.3 Å². The highest BCUT2D eigenvalue weighted by molar-refractivity contribution is 7.07. The average Bonchev–Trinajstić information content (AvgIpc) is 3.64. The van der Waals surface area contributed by atoms with Gasteiger partial charge in [0.25, 0.3) is 0 Å². The van der Waals surface area contributed by atoms with E-state index in [0.29, 0.717) is 35.2 Å². The van der Waals surface area contributed by atoms with Gasteiger partial charge in [-0.1, -0.05) is 11.6 Å². The van der Waals surface area contributed by atoms with Gasteiger partial charge in [-0.05, 0) is 64.2 Å². The summed E-state index contributed by atoms with van der Waals surface area (Å²) in [4.78, 5) is 33.3. The molecule has 12 heteroatoms. The standard InChI is InChI=1S/C27H33N9O2S/c1-4-17-8-10-18(11-9-17)12-36-21-22(29-15(2)19-6-5-7-19)31-24(25-34-27(37)38-35-25)32-23(21)33-26(36)30-16(3)20-13-39-14-28-20/h1,13-19H,5-12H2,2-3H3,(H,34,35,37)(H2,29,30,31,32,33)/t15-,16?,17-,18-/m1/s1. The smallest absolute Gasteiger partial charge is 0.365 e. The molecule has 204 valence electrons. The molecule has 39 heavy (non-hydrogen) atoms. The van der Waals surface area contributed by atoms with E-state index < -0.39 is 5.76 Å². The van der Waals surface area contributed by atoms with E-state index >= 15 is 0 Å². The summed E-state index contributed by atoms with van der Waals surface area (Å²) in [5, 5.41) is 13.1. The van der Waals surface area contributed by atoms with Crippen LogP contribution in [0.15, 0.2) is 20.2 Å². The van der Waals surface area contributed by atoms with Crippen molar-refractivity contribution in [3.05, 3.63) is 27.1 Å². The van der Waals surface area contributed by atoms with Crippen LogP contribution in [-0.4, -0.2) is 40.7 Å². The second-order valence-electron chi connectivity index (χ2n) is 10.8. The maximum absolute atomic E-state index is 11.7. The van der Waals surface area contributed by atoms with Crippen LogP contribution in [0.5, 0.6) is 0 Å². The Labute approximate surface area is 230 Å². The number of hydrogen-bond acceptors (Lipinski definition) is 10. The molecule has 0 amide bonds. The highest BCUT2D eigenvalue weighted by atomic mass is 32.1. The van der Waals surface area contributed by atoms with Crippen LogP contribution in [0.25, 0.3) is 22.8 Å². The first-order chi connectivity index (χ1) is 19.0. The minimum atomic E-state index is -0.654. The lowest BCUT2D eigenvalue weighted by molar-refractivity contribution is 0.284. The summed E-state index contributed by atoms with van der Waals surface area (Å²) in [5.41, 5.74) is 4.15. The minimum Gasteiger partial charge on any atom is -0.365 e. The number of terminal acetylenes is 1. The van der Waals surface area contributed by atoms with Gasteiger partial charge < -0.3 is 15.2 Å². The van der Waals surface area contributed by atoms with E-state index in [9.17, 15) is 4.79 Å². The van der Waals surface area contributed by atoms with Crippen LogP contribution in [0.3, 0.4) is 0 Å². The number of fused-ring (bicyclic) bond motifs is 1. The molecule has 4 heterocycles. The monoisotopic (exact) mass is 547 g/mol. The van der Waals surface area contributed by atoms with Crippen LogP contribution in [0.2, 0.25) is 0 Å². The summed E-state index contributed by atoms with van der Waals surface area (Å²) in [6, 6.07) is 0.175. The van der Waals surface area contributed by atoms with Gasteiger partial charge in [0, 0.05) is 23.9 Å². The number of rotatable bonds is 9. The van der Waals surface area contributed by atoms with Crippen LogP contribution >= 0.6 is 11.3 Å². The van der Waals surface area contributed by atoms with E-state index in [1.54, 1.807) is 11.3 Å². The van der Waals surface area contributed by atoms with Gasteiger partial charge in [0.15, 0.2) is 11.5 Å². The van der Waals surface area contributed by atoms with Gasteiger partial charge >= 0.3 is 5.76 Å². The van der Waals surface area contributed by atoms with E-state index in [2.05, 4.69) is 50.1 Å². The fourth-order valence-corrected chi connectivity index (χ4v) is 6.25. The van der Waals surface area contributed by atoms with Gasteiger partial charge in [0.05, 0.1) is 17.2 Å². The molecule has 2 aliphatic carbocycles. The Bertz CT molecular complexity index is 1520. The SMILES string of the molecule is C#C[C@H]1CC[C@H](Cn2c(NC(C)c3cscn3)nc3nc(-c4noc(=O)[nH]4)nc(N[C@H](C)C4CCC4)c32)CC1. The molecule has 0 saturated heterocycles. The predicted octanol–water partition coefficient (Wildman–Crippen LogP) is 4.84. The fourth-order valence-electron chi connectivity index (χ4n) is 5.60. The lowest BCUT2D eigenvalue weighted by Gasteiger charge is -2.32. The molecule has 2 atom stereocenters. The molecule has 0 aliphatic heterocycles. The lowest BCUT2D eigenvalue weighted by atomic mass is 9.80. The number of aromatic nitrogens is 7. The van der Waals surface area contributed by atoms with Gasteiger partial charge in [0.2, 0.25) is 17.6 Å². The third kappa shape index (κ3) is 5.28. The van der Waals surface area contributed by atoms with Crippen molar-refractivity contribution in [2.75, 3.05) is 10.6 Å². The van der Waals surface area contributed by atoms with Crippen LogP contribution in [0, 0.1) is 30.1 Å². The normalized spacial score (nSPS) is 21.3. The molecule has 4 aromatic heterocycles. The first-order valence-corrected chi connectivity index (χ1v) is 14.6. The minimum absolute atomic E-state index is 0.0476. The molecule has 3 N–H and O–H groups in total. The molecule has 1 unspecified atom stereocenters. The molecule has 0 bridgehead atoms. The number of H-pyrrole nitrogens is 1. The van der Waals surface area contributed by atoms with Crippen LogP contribution in [0.4, 0.5) is 11.8 Å². The predicted molar refractivity (Wildman–Crippen MR) is 150 cm³/mol. The molecule has 2 saturated carbocycles. The summed E-state index contributed by atoms with van der Waals surface area (Å²) in [5.74, 6) is 5.52. The molecular formula is C27H33N9O2S. The Balaban J connectivity index is 1.44. The van der Waals surface area contributed by atoms with Crippen LogP contribution < -0.4 is 16.4 Å². The molecule has 6 rings (SSSR count). The summed E-state index contributed by atoms with van der Waals surface area (Å²) in [6.45, 7) is 5.04. The van der Waals surface area contributed by atoms with E-state index in [1.807, 2.05) is 10.9 Å². The van der Waals surface area contributed by atoms with Crippen molar-refractivity contribution < 1.29 is 4.52 Å². The maximum Gasteiger partial charge on any atom is 0.439 e. The van der Waals surface area contributed by atoms with Gasteiger partial charge in [0.1, 0.15) is 5.52 Å². The lowest BCUT2D eigenvalue weighted by Crippen LogP contribution is -2.31.